The van der Waals surface area contributed by atoms with E-state index in [0.717, 1.165) is 16.7 Å². The zero-order valence-electron chi connectivity index (χ0n) is 19.8. The van der Waals surface area contributed by atoms with E-state index in [2.05, 4.69) is 5.32 Å². The first-order valence-electron chi connectivity index (χ1n) is 11.1. The molecule has 1 amide bonds. The molecule has 3 unspecified atom stereocenters. The molecule has 1 fully saturated rings. The molecule has 0 aromatic heterocycles. The van der Waals surface area contributed by atoms with Gasteiger partial charge in [0.2, 0.25) is 11.7 Å². The van der Waals surface area contributed by atoms with E-state index in [0.29, 0.717) is 48.9 Å². The van der Waals surface area contributed by atoms with Crippen LogP contribution in [0.2, 0.25) is 0 Å². The first-order valence-corrected chi connectivity index (χ1v) is 12.0. The quantitative estimate of drug-likeness (QED) is 0.525. The first kappa shape index (κ1) is 24.2. The van der Waals surface area contributed by atoms with Gasteiger partial charge in [-0.3, -0.25) is 10.2 Å². The Bertz CT molecular complexity index is 1090. The lowest BCUT2D eigenvalue weighted by molar-refractivity contribution is -0.118. The van der Waals surface area contributed by atoms with Crippen LogP contribution in [-0.4, -0.2) is 54.0 Å². The summed E-state index contributed by atoms with van der Waals surface area (Å²) in [5, 5.41) is 20.9. The molecule has 0 spiro atoms. The Morgan fingerprint density at radius 3 is 2.62 bits per heavy atom. The molecule has 4 rings (SSSR count). The van der Waals surface area contributed by atoms with Crippen LogP contribution in [0.4, 0.5) is 0 Å². The molecule has 0 radical (unpaired) electrons. The van der Waals surface area contributed by atoms with Gasteiger partial charge in [0, 0.05) is 18.4 Å². The van der Waals surface area contributed by atoms with Crippen LogP contribution in [-0.2, 0) is 17.6 Å². The number of carbonyl (C=O) groups is 1. The molecule has 2 aliphatic heterocycles. The zero-order valence-corrected chi connectivity index (χ0v) is 20.6. The standard InChI is InChI=1S/C25H30N2O6S/c1-14-11-18(30-3)22(31-4)21-17(14)13-20(28)25(2,33-21)9-10-32-16-7-5-15(6-8-16)12-19-23(29)27-24(26)34-19/h5-8,11,19-20,28H,9-10,12-13H2,1-4H3,(H2,26,27,29). The molecule has 8 nitrogen and oxygen atoms in total. The third-order valence-corrected chi connectivity index (χ3v) is 7.39. The van der Waals surface area contributed by atoms with E-state index in [-0.39, 0.29) is 16.3 Å². The number of aliphatic hydroxyl groups is 1. The summed E-state index contributed by atoms with van der Waals surface area (Å²) in [6.07, 6.45) is 0.783. The molecule has 2 aromatic rings. The number of hydrogen-bond donors (Lipinski definition) is 3. The molecule has 2 aliphatic rings. The molecule has 1 saturated heterocycles. The average Bonchev–Trinajstić information content (AvgIpc) is 3.12. The summed E-state index contributed by atoms with van der Waals surface area (Å²) in [5.41, 5.74) is 2.05. The number of aliphatic hydroxyl groups excluding tert-OH is 1. The second kappa shape index (κ2) is 9.76. The van der Waals surface area contributed by atoms with Gasteiger partial charge in [0.15, 0.2) is 16.7 Å². The third-order valence-electron chi connectivity index (χ3n) is 6.39. The minimum atomic E-state index is -0.851. The SMILES string of the molecule is COc1cc(C)c2c(c1OC)OC(C)(CCOc1ccc(CC3SC(=N)NC3=O)cc1)C(O)C2. The van der Waals surface area contributed by atoms with Gasteiger partial charge in [-0.05, 0) is 49.6 Å². The van der Waals surface area contributed by atoms with Crippen LogP contribution in [0.1, 0.15) is 30.0 Å². The molecule has 0 saturated carbocycles. The molecule has 182 valence electrons. The summed E-state index contributed by atoms with van der Waals surface area (Å²) >= 11 is 1.24. The summed E-state index contributed by atoms with van der Waals surface area (Å²) in [4.78, 5) is 11.8. The van der Waals surface area contributed by atoms with E-state index in [1.165, 1.54) is 11.8 Å². The van der Waals surface area contributed by atoms with E-state index in [4.69, 9.17) is 24.4 Å². The Hall–Kier alpha value is -2.91. The van der Waals surface area contributed by atoms with Crippen molar-refractivity contribution >= 4 is 22.8 Å². The number of benzene rings is 2. The number of aryl methyl sites for hydroxylation is 1. The summed E-state index contributed by atoms with van der Waals surface area (Å²) in [6.45, 7) is 4.20. The van der Waals surface area contributed by atoms with Crippen LogP contribution >= 0.6 is 11.8 Å². The van der Waals surface area contributed by atoms with Crippen LogP contribution < -0.4 is 24.3 Å². The molecule has 0 aliphatic carbocycles. The zero-order chi connectivity index (χ0) is 24.5. The van der Waals surface area contributed by atoms with Crippen molar-refractivity contribution in [1.29, 1.82) is 5.41 Å². The number of hydrogen-bond acceptors (Lipinski definition) is 8. The highest BCUT2D eigenvalue weighted by Gasteiger charge is 2.42. The van der Waals surface area contributed by atoms with Gasteiger partial charge in [-0.2, -0.15) is 0 Å². The van der Waals surface area contributed by atoms with Crippen molar-refractivity contribution in [3.8, 4) is 23.0 Å². The van der Waals surface area contributed by atoms with Gasteiger partial charge < -0.3 is 29.4 Å². The van der Waals surface area contributed by atoms with E-state index >= 15 is 0 Å². The van der Waals surface area contributed by atoms with Crippen LogP contribution in [0.25, 0.3) is 0 Å². The molecule has 9 heteroatoms. The summed E-state index contributed by atoms with van der Waals surface area (Å²) in [7, 11) is 3.17. The number of thioether (sulfide) groups is 1. The van der Waals surface area contributed by atoms with Crippen molar-refractivity contribution in [2.24, 2.45) is 0 Å². The van der Waals surface area contributed by atoms with E-state index in [9.17, 15) is 9.90 Å². The summed E-state index contributed by atoms with van der Waals surface area (Å²) in [5.74, 6) is 2.31. The molecule has 2 heterocycles. The molecule has 3 atom stereocenters. The molecule has 34 heavy (non-hydrogen) atoms. The number of methoxy groups -OCH3 is 2. The van der Waals surface area contributed by atoms with Gasteiger partial charge in [0.1, 0.15) is 11.4 Å². The summed E-state index contributed by atoms with van der Waals surface area (Å²) < 4.78 is 23.3. The molecular formula is C25H30N2O6S. The van der Waals surface area contributed by atoms with Crippen molar-refractivity contribution in [2.75, 3.05) is 20.8 Å². The second-order valence-electron chi connectivity index (χ2n) is 8.74. The molecule has 2 aromatic carbocycles. The second-order valence-corrected chi connectivity index (χ2v) is 9.96. The number of fused-ring (bicyclic) bond motifs is 1. The molecule has 0 bridgehead atoms. The van der Waals surface area contributed by atoms with Crippen molar-refractivity contribution < 1.29 is 28.8 Å². The van der Waals surface area contributed by atoms with Crippen molar-refractivity contribution in [1.82, 2.24) is 5.32 Å². The maximum atomic E-state index is 11.8. The van der Waals surface area contributed by atoms with Gasteiger partial charge in [-0.1, -0.05) is 23.9 Å². The number of ether oxygens (including phenoxy) is 4. The Balaban J connectivity index is 1.39. The lowest BCUT2D eigenvalue weighted by atomic mass is 9.85. The van der Waals surface area contributed by atoms with Gasteiger partial charge in [0.25, 0.3) is 0 Å². The number of nitrogens with one attached hydrogen (secondary N) is 2. The minimum Gasteiger partial charge on any atom is -0.493 e. The Labute approximate surface area is 203 Å². The maximum absolute atomic E-state index is 11.8. The van der Waals surface area contributed by atoms with E-state index < -0.39 is 11.7 Å². The maximum Gasteiger partial charge on any atom is 0.239 e. The van der Waals surface area contributed by atoms with Crippen LogP contribution in [0.3, 0.4) is 0 Å². The average molecular weight is 487 g/mol. The van der Waals surface area contributed by atoms with Gasteiger partial charge in [-0.25, -0.2) is 0 Å². The van der Waals surface area contributed by atoms with Gasteiger partial charge in [0.05, 0.1) is 32.2 Å². The van der Waals surface area contributed by atoms with E-state index in [1.54, 1.807) is 14.2 Å². The Morgan fingerprint density at radius 2 is 2.00 bits per heavy atom. The van der Waals surface area contributed by atoms with Crippen LogP contribution in [0.5, 0.6) is 23.0 Å². The highest BCUT2D eigenvalue weighted by molar-refractivity contribution is 8.15. The summed E-state index contributed by atoms with van der Waals surface area (Å²) in [6, 6.07) is 9.48. The number of amides is 1. The lowest BCUT2D eigenvalue weighted by Crippen LogP contribution is -2.50. The highest BCUT2D eigenvalue weighted by atomic mass is 32.2. The van der Waals surface area contributed by atoms with Gasteiger partial charge in [-0.15, -0.1) is 0 Å². The van der Waals surface area contributed by atoms with E-state index in [1.807, 2.05) is 44.2 Å². The largest absolute Gasteiger partial charge is 0.493 e. The smallest absolute Gasteiger partial charge is 0.239 e. The predicted octanol–water partition coefficient (Wildman–Crippen LogP) is 3.24. The molecular weight excluding hydrogens is 456 g/mol. The normalized spacial score (nSPS) is 23.7. The number of amidine groups is 1. The van der Waals surface area contributed by atoms with Crippen molar-refractivity contribution in [3.05, 3.63) is 47.0 Å². The third kappa shape index (κ3) is 4.81. The van der Waals surface area contributed by atoms with Gasteiger partial charge >= 0.3 is 0 Å². The van der Waals surface area contributed by atoms with Crippen molar-refractivity contribution in [2.45, 2.75) is 50.1 Å². The van der Waals surface area contributed by atoms with Crippen LogP contribution in [0, 0.1) is 12.3 Å². The lowest BCUT2D eigenvalue weighted by Gasteiger charge is -2.41. The Kier molecular flexibility index (Phi) is 6.95. The molecule has 3 N–H and O–H groups in total. The number of carbonyl (C=O) groups excluding carboxylic acids is 1. The monoisotopic (exact) mass is 486 g/mol. The Morgan fingerprint density at radius 1 is 1.26 bits per heavy atom. The first-order chi connectivity index (χ1) is 16.2. The predicted molar refractivity (Wildman–Crippen MR) is 131 cm³/mol. The fraction of sp³-hybridized carbons (Fsp3) is 0.440. The number of rotatable bonds is 8. The minimum absolute atomic E-state index is 0.124. The fourth-order valence-electron chi connectivity index (χ4n) is 4.27. The highest BCUT2D eigenvalue weighted by Crippen LogP contribution is 2.47. The fourth-order valence-corrected chi connectivity index (χ4v) is 5.16. The van der Waals surface area contributed by atoms with Crippen LogP contribution in [0.15, 0.2) is 30.3 Å². The van der Waals surface area contributed by atoms with Crippen molar-refractivity contribution in [3.63, 3.8) is 0 Å². The topological polar surface area (TPSA) is 110 Å².